The molecule has 5 heteroatoms. The summed E-state index contributed by atoms with van der Waals surface area (Å²) in [5.41, 5.74) is -0.444. The van der Waals surface area contributed by atoms with E-state index in [-0.39, 0.29) is 11.8 Å². The molecule has 2 rings (SSSR count). The van der Waals surface area contributed by atoms with Crippen LogP contribution in [0.3, 0.4) is 0 Å². The molecule has 0 N–H and O–H groups in total. The van der Waals surface area contributed by atoms with Crippen molar-refractivity contribution in [1.82, 2.24) is 0 Å². The third-order valence-electron chi connectivity index (χ3n) is 3.28. The van der Waals surface area contributed by atoms with Crippen LogP contribution in [0.5, 0.6) is 0 Å². The summed E-state index contributed by atoms with van der Waals surface area (Å²) in [5.74, 6) is -0.519. The summed E-state index contributed by atoms with van der Waals surface area (Å²) in [6.07, 6.45) is 3.15. The second-order valence-corrected chi connectivity index (χ2v) is 5.55. The minimum Gasteiger partial charge on any atom is -0.466 e. The van der Waals surface area contributed by atoms with E-state index >= 15 is 0 Å². The van der Waals surface area contributed by atoms with E-state index in [0.717, 1.165) is 5.56 Å². The average molecular weight is 301 g/mol. The zero-order valence-electron chi connectivity index (χ0n) is 12.9. The lowest BCUT2D eigenvalue weighted by atomic mass is 9.89. The van der Waals surface area contributed by atoms with Gasteiger partial charge in [-0.2, -0.15) is 0 Å². The number of nitrogens with zero attached hydrogens (tertiary/aromatic N) is 1. The molecule has 0 saturated carbocycles. The molecule has 0 amide bonds. The summed E-state index contributed by atoms with van der Waals surface area (Å²) in [6.45, 7) is 3.97. The van der Waals surface area contributed by atoms with Crippen molar-refractivity contribution in [3.8, 4) is 0 Å². The van der Waals surface area contributed by atoms with E-state index in [0.29, 0.717) is 6.42 Å². The zero-order valence-corrected chi connectivity index (χ0v) is 12.9. The van der Waals surface area contributed by atoms with E-state index in [9.17, 15) is 9.59 Å². The molecule has 0 saturated heterocycles. The van der Waals surface area contributed by atoms with Crippen LogP contribution in [-0.4, -0.2) is 30.5 Å². The first-order valence-electron chi connectivity index (χ1n) is 7.11. The Kier molecular flexibility index (Phi) is 4.75. The van der Waals surface area contributed by atoms with Crippen molar-refractivity contribution in [2.45, 2.75) is 25.8 Å². The van der Waals surface area contributed by atoms with Crippen molar-refractivity contribution in [2.24, 2.45) is 10.9 Å². The van der Waals surface area contributed by atoms with Gasteiger partial charge in [-0.1, -0.05) is 32.0 Å². The largest absolute Gasteiger partial charge is 0.466 e. The average Bonchev–Trinajstić information content (AvgIpc) is 2.82. The van der Waals surface area contributed by atoms with E-state index in [4.69, 9.17) is 4.74 Å². The van der Waals surface area contributed by atoms with Crippen molar-refractivity contribution < 1.29 is 19.1 Å². The quantitative estimate of drug-likeness (QED) is 0.619. The lowest BCUT2D eigenvalue weighted by Gasteiger charge is -2.19. The molecule has 1 atom stereocenters. The fourth-order valence-corrected chi connectivity index (χ4v) is 2.33. The fraction of sp³-hybridized carbons (Fsp3) is 0.353. The summed E-state index contributed by atoms with van der Waals surface area (Å²) in [7, 11) is 1.29. The standard InChI is InChI=1S/C17H19NO4/c1-12(2)11-17(10-9-14(19)21-3)16(20)22-15(18-17)13-7-5-4-6-8-13/h4-10,12H,11H2,1-3H3. The van der Waals surface area contributed by atoms with Gasteiger partial charge in [0.05, 0.1) is 7.11 Å². The van der Waals surface area contributed by atoms with Crippen molar-refractivity contribution >= 4 is 17.8 Å². The Morgan fingerprint density at radius 3 is 2.64 bits per heavy atom. The number of cyclic esters (lactones) is 1. The van der Waals surface area contributed by atoms with E-state index in [2.05, 4.69) is 9.73 Å². The van der Waals surface area contributed by atoms with Gasteiger partial charge in [-0.3, -0.25) is 0 Å². The lowest BCUT2D eigenvalue weighted by Crippen LogP contribution is -2.33. The predicted molar refractivity (Wildman–Crippen MR) is 82.4 cm³/mol. The van der Waals surface area contributed by atoms with Crippen LogP contribution in [0.2, 0.25) is 0 Å². The van der Waals surface area contributed by atoms with Crippen molar-refractivity contribution in [3.63, 3.8) is 0 Å². The SMILES string of the molecule is COC(=O)C=CC1(CC(C)C)N=C(c2ccccc2)OC1=O. The summed E-state index contributed by atoms with van der Waals surface area (Å²) < 4.78 is 9.92. The van der Waals surface area contributed by atoms with Gasteiger partial charge in [-0.25, -0.2) is 14.6 Å². The minimum absolute atomic E-state index is 0.203. The molecule has 1 aromatic rings. The van der Waals surface area contributed by atoms with Gasteiger partial charge in [0.25, 0.3) is 0 Å². The first-order chi connectivity index (χ1) is 10.5. The number of carbonyl (C=O) groups excluding carboxylic acids is 2. The highest BCUT2D eigenvalue weighted by atomic mass is 16.6. The first-order valence-corrected chi connectivity index (χ1v) is 7.11. The number of hydrogen-bond acceptors (Lipinski definition) is 5. The third kappa shape index (κ3) is 3.42. The molecule has 0 radical (unpaired) electrons. The van der Waals surface area contributed by atoms with Gasteiger partial charge in [0, 0.05) is 11.6 Å². The maximum absolute atomic E-state index is 12.4. The third-order valence-corrected chi connectivity index (χ3v) is 3.28. The van der Waals surface area contributed by atoms with Gasteiger partial charge in [0.2, 0.25) is 5.90 Å². The molecule has 0 aromatic heterocycles. The fourth-order valence-electron chi connectivity index (χ4n) is 2.33. The smallest absolute Gasteiger partial charge is 0.344 e. The zero-order chi connectivity index (χ0) is 16.2. The summed E-state index contributed by atoms with van der Waals surface area (Å²) in [4.78, 5) is 28.2. The molecular weight excluding hydrogens is 282 g/mol. The van der Waals surface area contributed by atoms with Gasteiger partial charge in [-0.05, 0) is 30.5 Å². The van der Waals surface area contributed by atoms with Crippen LogP contribution >= 0.6 is 0 Å². The Labute approximate surface area is 129 Å². The van der Waals surface area contributed by atoms with E-state index < -0.39 is 17.5 Å². The van der Waals surface area contributed by atoms with Gasteiger partial charge >= 0.3 is 11.9 Å². The molecular formula is C17H19NO4. The van der Waals surface area contributed by atoms with Crippen LogP contribution in [0.15, 0.2) is 47.5 Å². The number of rotatable bonds is 5. The summed E-state index contributed by atoms with van der Waals surface area (Å²) >= 11 is 0. The maximum Gasteiger partial charge on any atom is 0.344 e. The Bertz CT molecular complexity index is 619. The molecule has 1 unspecified atom stereocenters. The van der Waals surface area contributed by atoms with E-state index in [1.165, 1.54) is 19.3 Å². The van der Waals surface area contributed by atoms with Crippen molar-refractivity contribution in [3.05, 3.63) is 48.0 Å². The highest BCUT2D eigenvalue weighted by molar-refractivity contribution is 6.09. The van der Waals surface area contributed by atoms with Crippen molar-refractivity contribution in [1.29, 1.82) is 0 Å². The number of benzene rings is 1. The van der Waals surface area contributed by atoms with Gasteiger partial charge in [0.1, 0.15) is 0 Å². The Hall–Kier alpha value is -2.43. The minimum atomic E-state index is -1.17. The molecule has 0 aliphatic carbocycles. The van der Waals surface area contributed by atoms with Gasteiger partial charge in [-0.15, -0.1) is 0 Å². The van der Waals surface area contributed by atoms with Crippen LogP contribution in [-0.2, 0) is 19.1 Å². The molecule has 116 valence electrons. The van der Waals surface area contributed by atoms with Crippen LogP contribution < -0.4 is 0 Å². The number of ether oxygens (including phenoxy) is 2. The first kappa shape index (κ1) is 15.9. The molecule has 1 aromatic carbocycles. The Morgan fingerprint density at radius 2 is 2.05 bits per heavy atom. The van der Waals surface area contributed by atoms with Crippen LogP contribution in [0, 0.1) is 5.92 Å². The number of carbonyl (C=O) groups is 2. The molecule has 1 aliphatic rings. The second-order valence-electron chi connectivity index (χ2n) is 5.55. The molecule has 0 spiro atoms. The molecule has 1 heterocycles. The van der Waals surface area contributed by atoms with Crippen LogP contribution in [0.4, 0.5) is 0 Å². The molecule has 0 bridgehead atoms. The number of hydrogen-bond donors (Lipinski definition) is 0. The van der Waals surface area contributed by atoms with Crippen LogP contribution in [0.25, 0.3) is 0 Å². The Morgan fingerprint density at radius 1 is 1.36 bits per heavy atom. The van der Waals surface area contributed by atoms with E-state index in [1.807, 2.05) is 44.2 Å². The molecule has 0 fully saturated rings. The number of aliphatic imine (C=N–C) groups is 1. The predicted octanol–water partition coefficient (Wildman–Crippen LogP) is 2.50. The molecule has 1 aliphatic heterocycles. The van der Waals surface area contributed by atoms with Gasteiger partial charge < -0.3 is 9.47 Å². The summed E-state index contributed by atoms with van der Waals surface area (Å²) in [6, 6.07) is 9.21. The summed E-state index contributed by atoms with van der Waals surface area (Å²) in [5, 5.41) is 0. The second kappa shape index (κ2) is 6.56. The topological polar surface area (TPSA) is 65.0 Å². The monoisotopic (exact) mass is 301 g/mol. The van der Waals surface area contributed by atoms with Crippen LogP contribution in [0.1, 0.15) is 25.8 Å². The number of esters is 2. The maximum atomic E-state index is 12.4. The normalized spacial score (nSPS) is 21.1. The molecule has 5 nitrogen and oxygen atoms in total. The van der Waals surface area contributed by atoms with Crippen molar-refractivity contribution in [2.75, 3.05) is 7.11 Å². The molecule has 22 heavy (non-hydrogen) atoms. The van der Waals surface area contributed by atoms with Gasteiger partial charge in [0.15, 0.2) is 5.54 Å². The Balaban J connectivity index is 2.39. The van der Waals surface area contributed by atoms with E-state index in [1.54, 1.807) is 0 Å². The highest BCUT2D eigenvalue weighted by Crippen LogP contribution is 2.31. The number of methoxy groups -OCH3 is 1. The highest BCUT2D eigenvalue weighted by Gasteiger charge is 2.44. The lowest BCUT2D eigenvalue weighted by molar-refractivity contribution is -0.137.